The van der Waals surface area contributed by atoms with E-state index in [0.717, 1.165) is 5.56 Å². The van der Waals surface area contributed by atoms with Gasteiger partial charge in [-0.2, -0.15) is 0 Å². The third-order valence-electron chi connectivity index (χ3n) is 2.06. The molecule has 0 spiro atoms. The summed E-state index contributed by atoms with van der Waals surface area (Å²) in [6, 6.07) is 4.97. The number of rotatable bonds is 2. The Bertz CT molecular complexity index is 444. The first kappa shape index (κ1) is 13.5. The maximum Gasteiger partial charge on any atom is 0.313 e. The smallest absolute Gasteiger partial charge is 0.313 e. The van der Waals surface area contributed by atoms with Crippen LogP contribution in [0.3, 0.4) is 0 Å². The van der Waals surface area contributed by atoms with Crippen LogP contribution in [0.15, 0.2) is 18.2 Å². The molecule has 5 heteroatoms. The van der Waals surface area contributed by atoms with E-state index in [9.17, 15) is 9.59 Å². The summed E-state index contributed by atoms with van der Waals surface area (Å²) in [4.78, 5) is 22.9. The Morgan fingerprint density at radius 1 is 1.24 bits per heavy atom. The predicted octanol–water partition coefficient (Wildman–Crippen LogP) is 2.11. The first-order valence-corrected chi connectivity index (χ1v) is 5.66. The van der Waals surface area contributed by atoms with Crippen molar-refractivity contribution in [3.63, 3.8) is 0 Å². The number of halogens is 1. The van der Waals surface area contributed by atoms with Gasteiger partial charge in [0.25, 0.3) is 0 Å². The van der Waals surface area contributed by atoms with Gasteiger partial charge in [-0.1, -0.05) is 11.6 Å². The third-order valence-corrected chi connectivity index (χ3v) is 2.30. The Kier molecular flexibility index (Phi) is 4.52. The molecule has 92 valence electrons. The number of benzene rings is 1. The molecule has 0 saturated heterocycles. The first-order valence-electron chi connectivity index (χ1n) is 5.28. The fourth-order valence-electron chi connectivity index (χ4n) is 1.27. The van der Waals surface area contributed by atoms with E-state index in [0.29, 0.717) is 10.7 Å². The summed E-state index contributed by atoms with van der Waals surface area (Å²) in [5.41, 5.74) is 1.39. The Morgan fingerprint density at radius 3 is 2.41 bits per heavy atom. The molecular weight excluding hydrogens is 240 g/mol. The topological polar surface area (TPSA) is 58.2 Å². The molecule has 1 aromatic carbocycles. The highest BCUT2D eigenvalue weighted by molar-refractivity contribution is 6.39. The molecule has 0 aromatic heterocycles. The van der Waals surface area contributed by atoms with E-state index >= 15 is 0 Å². The minimum absolute atomic E-state index is 0.0698. The average Bonchev–Trinajstić information content (AvgIpc) is 2.21. The molecule has 0 radical (unpaired) electrons. The zero-order valence-corrected chi connectivity index (χ0v) is 10.8. The number of amides is 2. The van der Waals surface area contributed by atoms with Crippen molar-refractivity contribution in [2.45, 2.75) is 26.8 Å². The maximum atomic E-state index is 11.5. The summed E-state index contributed by atoms with van der Waals surface area (Å²) in [6.45, 7) is 5.39. The summed E-state index contributed by atoms with van der Waals surface area (Å²) < 4.78 is 0. The Labute approximate surface area is 105 Å². The van der Waals surface area contributed by atoms with E-state index in [2.05, 4.69) is 10.6 Å². The fraction of sp³-hybridized carbons (Fsp3) is 0.333. The molecule has 0 saturated carbocycles. The number of hydrogen-bond donors (Lipinski definition) is 2. The number of carbonyl (C=O) groups is 2. The zero-order chi connectivity index (χ0) is 13.0. The molecule has 2 amide bonds. The van der Waals surface area contributed by atoms with Crippen LogP contribution in [-0.2, 0) is 9.59 Å². The Morgan fingerprint density at radius 2 is 1.88 bits per heavy atom. The maximum absolute atomic E-state index is 11.5. The van der Waals surface area contributed by atoms with Crippen LogP contribution in [0, 0.1) is 6.92 Å². The minimum atomic E-state index is -0.677. The second-order valence-corrected chi connectivity index (χ2v) is 4.48. The molecule has 0 aliphatic heterocycles. The van der Waals surface area contributed by atoms with Gasteiger partial charge in [0.05, 0.1) is 0 Å². The number of anilines is 1. The Balaban J connectivity index is 2.71. The van der Waals surface area contributed by atoms with E-state index in [1.807, 2.05) is 6.92 Å². The summed E-state index contributed by atoms with van der Waals surface area (Å²) >= 11 is 5.79. The zero-order valence-electron chi connectivity index (χ0n) is 10.0. The molecule has 0 aliphatic carbocycles. The SMILES string of the molecule is Cc1cc(Cl)ccc1NC(=O)C(=O)NC(C)C. The highest BCUT2D eigenvalue weighted by Crippen LogP contribution is 2.19. The molecule has 2 N–H and O–H groups in total. The normalized spacial score (nSPS) is 10.2. The molecule has 1 rings (SSSR count). The van der Waals surface area contributed by atoms with Crippen molar-refractivity contribution in [1.29, 1.82) is 0 Å². The van der Waals surface area contributed by atoms with Crippen molar-refractivity contribution in [3.8, 4) is 0 Å². The van der Waals surface area contributed by atoms with Gasteiger partial charge in [0.15, 0.2) is 0 Å². The van der Waals surface area contributed by atoms with Gasteiger partial charge >= 0.3 is 11.8 Å². The molecule has 17 heavy (non-hydrogen) atoms. The van der Waals surface area contributed by atoms with Gasteiger partial charge in [-0.05, 0) is 44.5 Å². The van der Waals surface area contributed by atoms with Crippen molar-refractivity contribution in [1.82, 2.24) is 5.32 Å². The van der Waals surface area contributed by atoms with Crippen molar-refractivity contribution >= 4 is 29.1 Å². The molecule has 0 bridgehead atoms. The predicted molar refractivity (Wildman–Crippen MR) is 68.1 cm³/mol. The van der Waals surface area contributed by atoms with E-state index in [4.69, 9.17) is 11.6 Å². The van der Waals surface area contributed by atoms with Gasteiger partial charge in [-0.25, -0.2) is 0 Å². The highest BCUT2D eigenvalue weighted by atomic mass is 35.5. The summed E-state index contributed by atoms with van der Waals surface area (Å²) in [5.74, 6) is -1.32. The lowest BCUT2D eigenvalue weighted by Gasteiger charge is -2.10. The van der Waals surface area contributed by atoms with Crippen molar-refractivity contribution < 1.29 is 9.59 Å². The molecular formula is C12H15ClN2O2. The summed E-state index contributed by atoms with van der Waals surface area (Å²) in [6.07, 6.45) is 0. The van der Waals surface area contributed by atoms with Crippen LogP contribution in [0.5, 0.6) is 0 Å². The molecule has 0 atom stereocenters. The van der Waals surface area contributed by atoms with Crippen LogP contribution in [-0.4, -0.2) is 17.9 Å². The molecule has 0 fully saturated rings. The van der Waals surface area contributed by atoms with E-state index in [-0.39, 0.29) is 6.04 Å². The second-order valence-electron chi connectivity index (χ2n) is 4.04. The van der Waals surface area contributed by atoms with Gasteiger partial charge in [0, 0.05) is 16.8 Å². The molecule has 0 unspecified atom stereocenters. The van der Waals surface area contributed by atoms with Crippen molar-refractivity contribution in [2.24, 2.45) is 0 Å². The van der Waals surface area contributed by atoms with Crippen molar-refractivity contribution in [3.05, 3.63) is 28.8 Å². The standard InChI is InChI=1S/C12H15ClN2O2/c1-7(2)14-11(16)12(17)15-10-5-4-9(13)6-8(10)3/h4-7H,1-3H3,(H,14,16)(H,15,17). The summed E-state index contributed by atoms with van der Waals surface area (Å²) in [5, 5.41) is 5.64. The van der Waals surface area contributed by atoms with Crippen LogP contribution in [0.2, 0.25) is 5.02 Å². The van der Waals surface area contributed by atoms with Crippen LogP contribution in [0.25, 0.3) is 0 Å². The first-order chi connectivity index (χ1) is 7.90. The van der Waals surface area contributed by atoms with E-state index in [1.54, 1.807) is 32.0 Å². The Hall–Kier alpha value is -1.55. The largest absolute Gasteiger partial charge is 0.346 e. The van der Waals surface area contributed by atoms with Gasteiger partial charge in [0.2, 0.25) is 0 Å². The van der Waals surface area contributed by atoms with Crippen molar-refractivity contribution in [2.75, 3.05) is 5.32 Å². The van der Waals surface area contributed by atoms with Gasteiger partial charge in [0.1, 0.15) is 0 Å². The monoisotopic (exact) mass is 254 g/mol. The second kappa shape index (κ2) is 5.68. The molecule has 0 heterocycles. The fourth-order valence-corrected chi connectivity index (χ4v) is 1.50. The van der Waals surface area contributed by atoms with Gasteiger partial charge in [-0.3, -0.25) is 9.59 Å². The van der Waals surface area contributed by atoms with Crippen LogP contribution in [0.1, 0.15) is 19.4 Å². The summed E-state index contributed by atoms with van der Waals surface area (Å²) in [7, 11) is 0. The lowest BCUT2D eigenvalue weighted by atomic mass is 10.2. The quantitative estimate of drug-likeness (QED) is 0.795. The average molecular weight is 255 g/mol. The van der Waals surface area contributed by atoms with Gasteiger partial charge < -0.3 is 10.6 Å². The van der Waals surface area contributed by atoms with Crippen LogP contribution in [0.4, 0.5) is 5.69 Å². The molecule has 4 nitrogen and oxygen atoms in total. The van der Waals surface area contributed by atoms with E-state index in [1.165, 1.54) is 0 Å². The van der Waals surface area contributed by atoms with E-state index < -0.39 is 11.8 Å². The minimum Gasteiger partial charge on any atom is -0.346 e. The van der Waals surface area contributed by atoms with Gasteiger partial charge in [-0.15, -0.1) is 0 Å². The number of carbonyl (C=O) groups excluding carboxylic acids is 2. The third kappa shape index (κ3) is 4.07. The highest BCUT2D eigenvalue weighted by Gasteiger charge is 2.15. The number of hydrogen-bond acceptors (Lipinski definition) is 2. The molecule has 0 aliphatic rings. The lowest BCUT2D eigenvalue weighted by Crippen LogP contribution is -2.39. The number of aryl methyl sites for hydroxylation is 1. The number of nitrogens with one attached hydrogen (secondary N) is 2. The van der Waals surface area contributed by atoms with Crippen LogP contribution < -0.4 is 10.6 Å². The molecule has 1 aromatic rings. The lowest BCUT2D eigenvalue weighted by molar-refractivity contribution is -0.136. The van der Waals surface area contributed by atoms with Crippen LogP contribution >= 0.6 is 11.6 Å².